The number of para-hydroxylation sites is 9. The van der Waals surface area contributed by atoms with E-state index in [9.17, 15) is 0 Å². The van der Waals surface area contributed by atoms with E-state index >= 15 is 0 Å². The Labute approximate surface area is 861 Å². The molecular weight excluding hydrogens is 1830 g/mol. The van der Waals surface area contributed by atoms with Crippen LogP contribution in [0.4, 0.5) is 68.2 Å². The van der Waals surface area contributed by atoms with E-state index in [2.05, 4.69) is 520 Å². The van der Waals surface area contributed by atoms with Crippen molar-refractivity contribution in [2.24, 2.45) is 0 Å². The van der Waals surface area contributed by atoms with Gasteiger partial charge in [-0.2, -0.15) is 0 Å². The molecule has 150 heavy (non-hydrogen) atoms. The van der Waals surface area contributed by atoms with Crippen LogP contribution < -0.4 is 19.6 Å². The van der Waals surface area contributed by atoms with Gasteiger partial charge in [-0.25, -0.2) is 0 Å². The van der Waals surface area contributed by atoms with Crippen molar-refractivity contribution in [2.45, 2.75) is 27.7 Å². The minimum absolute atomic E-state index is 0.706. The standard InChI is InChI=1S/C140H90N4O6/c1-83-36-27-48-93(74-83)141(117-69-33-64-109-106-60-29-56-95(133(106)147-137(109)117)87-40-9-5-10-41-87)120-79-125-129(102-53-22-19-50-99(102)120)130-103-54-23-20-51-100(103)121(80-126(130)145-125)142(94-49-28-37-84(2)75-94)124-78-92(77-114-112-63-32-59-98(136(112)150-140(114)124)90-46-15-8-16-47-90)91-72-73-105-113(76-91)123(144(116-68-26-18-39-86(116)4)119-71-35-66-111-108-62-31-58-97(135(108)149-139(111)119)89-44-13-7-14-45-89)82-128-132(105)131-104-55-24-21-52-101(104)122(81-127(131)146-128)143(115-67-25-17-38-85(115)3)118-70-34-65-110-107-61-30-57-96(134(107)148-138(110)118)88-42-11-6-12-43-88/h5-82H,1-4H3. The lowest BCUT2D eigenvalue weighted by molar-refractivity contribution is 0.668. The second-order valence-electron chi connectivity index (χ2n) is 39.7. The van der Waals surface area contributed by atoms with Gasteiger partial charge < -0.3 is 46.1 Å². The molecule has 0 unspecified atom stereocenters. The summed E-state index contributed by atoms with van der Waals surface area (Å²) in [5.41, 5.74) is 34.7. The zero-order valence-corrected chi connectivity index (χ0v) is 82.3. The zero-order valence-electron chi connectivity index (χ0n) is 82.3. The Bertz CT molecular complexity index is 10800. The van der Waals surface area contributed by atoms with E-state index in [-0.39, 0.29) is 0 Å². The highest BCUT2D eigenvalue weighted by Crippen LogP contribution is 2.59. The molecule has 0 amide bonds. The Hall–Kier alpha value is -19.7. The van der Waals surface area contributed by atoms with Gasteiger partial charge in [-0.05, 0) is 178 Å². The summed E-state index contributed by atoms with van der Waals surface area (Å²) in [6, 6.07) is 171. The zero-order chi connectivity index (χ0) is 99.2. The SMILES string of the molecule is Cc1cccc(N(c2cc3oc4cc(N(c5cccc(C)c5)c5cc(-c6ccc7c(c6)c(N(c6ccccc6C)c6cccc8c6oc6c(-c9ccccc9)cccc68)cc6oc8cc(N(c9ccccc9C)c9cccc%10c9oc9c(-c%11ccccc%11)cccc9%10)c9ccccc9c8c67)cc6c5oc5c(-c7ccccc7)cccc56)c5ccccc5c4c3c3ccccc23)c2cccc3c2oc2c(-c4ccccc4)cccc23)c1. The predicted molar refractivity (Wildman–Crippen MR) is 625 cm³/mol. The molecule has 0 saturated carbocycles. The first-order valence-corrected chi connectivity index (χ1v) is 51.2. The fourth-order valence-corrected chi connectivity index (χ4v) is 24.2. The van der Waals surface area contributed by atoms with E-state index in [4.69, 9.17) is 26.5 Å². The summed E-state index contributed by atoms with van der Waals surface area (Å²) in [5.74, 6) is 0. The van der Waals surface area contributed by atoms with Crippen molar-refractivity contribution in [3.63, 3.8) is 0 Å². The Balaban J connectivity index is 0.673. The summed E-state index contributed by atoms with van der Waals surface area (Å²) < 4.78 is 45.8. The van der Waals surface area contributed by atoms with Crippen LogP contribution in [-0.2, 0) is 0 Å². The molecule has 0 aliphatic heterocycles. The number of anilines is 12. The van der Waals surface area contributed by atoms with Gasteiger partial charge in [0.1, 0.15) is 44.7 Å². The first-order valence-electron chi connectivity index (χ1n) is 51.2. The van der Waals surface area contributed by atoms with Crippen LogP contribution in [0, 0.1) is 27.7 Å². The average Bonchev–Trinajstić information content (AvgIpc) is 1.54. The third kappa shape index (κ3) is 13.4. The van der Waals surface area contributed by atoms with Gasteiger partial charge in [-0.15, -0.1) is 0 Å². The number of hydrogen-bond acceptors (Lipinski definition) is 10. The van der Waals surface area contributed by atoms with Gasteiger partial charge in [0.15, 0.2) is 22.3 Å². The van der Waals surface area contributed by atoms with E-state index in [1.807, 2.05) is 0 Å². The molecule has 0 bridgehead atoms. The molecule has 0 aliphatic rings. The minimum atomic E-state index is 0.706. The predicted octanol–water partition coefficient (Wildman–Crippen LogP) is 41.1. The van der Waals surface area contributed by atoms with E-state index in [0.717, 1.165) is 304 Å². The number of benzene rings is 24. The normalized spacial score (nSPS) is 12.0. The Morgan fingerprint density at radius 3 is 0.773 bits per heavy atom. The monoisotopic (exact) mass is 1920 g/mol. The molecule has 0 saturated heterocycles. The van der Waals surface area contributed by atoms with E-state index < -0.39 is 0 Å². The van der Waals surface area contributed by atoms with Crippen LogP contribution in [0.1, 0.15) is 22.3 Å². The summed E-state index contributed by atoms with van der Waals surface area (Å²) in [6.45, 7) is 8.74. The molecule has 6 aromatic heterocycles. The van der Waals surface area contributed by atoms with Gasteiger partial charge >= 0.3 is 0 Å². The second kappa shape index (κ2) is 34.0. The van der Waals surface area contributed by atoms with E-state index in [0.29, 0.717) is 16.7 Å². The van der Waals surface area contributed by atoms with Crippen molar-refractivity contribution in [3.8, 4) is 55.6 Å². The van der Waals surface area contributed by atoms with Gasteiger partial charge in [0.25, 0.3) is 0 Å². The third-order valence-corrected chi connectivity index (χ3v) is 30.9. The molecule has 10 heteroatoms. The summed E-state index contributed by atoms with van der Waals surface area (Å²) in [4.78, 5) is 9.63. The van der Waals surface area contributed by atoms with Crippen LogP contribution in [0.15, 0.2) is 500 Å². The van der Waals surface area contributed by atoms with Gasteiger partial charge in [0.2, 0.25) is 0 Å². The first kappa shape index (κ1) is 85.9. The van der Waals surface area contributed by atoms with Crippen molar-refractivity contribution >= 4 is 243 Å². The largest absolute Gasteiger partial charge is 0.456 e. The Morgan fingerprint density at radius 2 is 0.407 bits per heavy atom. The van der Waals surface area contributed by atoms with Crippen LogP contribution in [0.3, 0.4) is 0 Å². The molecule has 6 heterocycles. The summed E-state index contributed by atoms with van der Waals surface area (Å²) in [6.07, 6.45) is 0. The topological polar surface area (TPSA) is 91.8 Å². The minimum Gasteiger partial charge on any atom is -0.456 e. The maximum absolute atomic E-state index is 7.88. The summed E-state index contributed by atoms with van der Waals surface area (Å²) >= 11 is 0. The first-order chi connectivity index (χ1) is 74.1. The molecule has 0 N–H and O–H groups in total. The molecule has 10 nitrogen and oxygen atoms in total. The quantitative estimate of drug-likeness (QED) is 0.0878. The third-order valence-electron chi connectivity index (χ3n) is 30.9. The lowest BCUT2D eigenvalue weighted by Gasteiger charge is -2.29. The van der Waals surface area contributed by atoms with Crippen LogP contribution in [-0.4, -0.2) is 0 Å². The number of hydrogen-bond donors (Lipinski definition) is 0. The maximum atomic E-state index is 7.88. The second-order valence-corrected chi connectivity index (χ2v) is 39.7. The maximum Gasteiger partial charge on any atom is 0.159 e. The molecule has 706 valence electrons. The highest BCUT2D eigenvalue weighted by molar-refractivity contribution is 6.34. The lowest BCUT2D eigenvalue weighted by atomic mass is 9.93. The van der Waals surface area contributed by atoms with Crippen molar-refractivity contribution < 1.29 is 26.5 Å². The molecule has 0 radical (unpaired) electrons. The van der Waals surface area contributed by atoms with Crippen molar-refractivity contribution in [2.75, 3.05) is 19.6 Å². The Morgan fingerprint density at radius 1 is 0.140 bits per heavy atom. The molecule has 0 atom stereocenters. The number of fused-ring (bicyclic) bond motifs is 26. The molecule has 30 rings (SSSR count). The number of rotatable bonds is 17. The smallest absolute Gasteiger partial charge is 0.159 e. The molecule has 0 aliphatic carbocycles. The van der Waals surface area contributed by atoms with Crippen LogP contribution >= 0.6 is 0 Å². The fourth-order valence-electron chi connectivity index (χ4n) is 24.2. The highest BCUT2D eigenvalue weighted by Gasteiger charge is 2.35. The van der Waals surface area contributed by atoms with Crippen molar-refractivity contribution in [3.05, 3.63) is 495 Å². The molecule has 24 aromatic carbocycles. The summed E-state index contributed by atoms with van der Waals surface area (Å²) in [5, 5.41) is 20.2. The number of furan rings is 6. The molecule has 0 spiro atoms. The lowest BCUT2D eigenvalue weighted by Crippen LogP contribution is -2.12. The van der Waals surface area contributed by atoms with Crippen LogP contribution in [0.2, 0.25) is 0 Å². The van der Waals surface area contributed by atoms with E-state index in [1.165, 1.54) is 0 Å². The molecule has 0 fully saturated rings. The molecular formula is C140H90N4O6. The average molecular weight is 1920 g/mol. The van der Waals surface area contributed by atoms with Gasteiger partial charge in [0, 0.05) is 155 Å². The van der Waals surface area contributed by atoms with Crippen molar-refractivity contribution in [1.82, 2.24) is 0 Å². The summed E-state index contributed by atoms with van der Waals surface area (Å²) in [7, 11) is 0. The van der Waals surface area contributed by atoms with Crippen LogP contribution in [0.25, 0.3) is 230 Å². The van der Waals surface area contributed by atoms with Crippen LogP contribution in [0.5, 0.6) is 0 Å². The number of nitrogens with zero attached hydrogens (tertiary/aromatic N) is 4. The van der Waals surface area contributed by atoms with Gasteiger partial charge in [-0.3, -0.25) is 0 Å². The Kier molecular flexibility index (Phi) is 19.5. The fraction of sp³-hybridized carbons (Fsp3) is 0.0286. The van der Waals surface area contributed by atoms with Crippen molar-refractivity contribution in [1.29, 1.82) is 0 Å². The molecule has 30 aromatic rings. The van der Waals surface area contributed by atoms with Gasteiger partial charge in [-0.1, -0.05) is 376 Å². The van der Waals surface area contributed by atoms with E-state index in [1.54, 1.807) is 0 Å². The number of aryl methyl sites for hydroxylation is 4. The highest BCUT2D eigenvalue weighted by atomic mass is 16.4. The van der Waals surface area contributed by atoms with Gasteiger partial charge in [0.05, 0.1) is 45.5 Å².